The van der Waals surface area contributed by atoms with Gasteiger partial charge in [0.15, 0.2) is 5.96 Å². The van der Waals surface area contributed by atoms with Crippen LogP contribution in [-0.2, 0) is 19.4 Å². The lowest BCUT2D eigenvalue weighted by molar-refractivity contribution is 0.273. The van der Waals surface area contributed by atoms with Crippen LogP contribution in [0.3, 0.4) is 0 Å². The Morgan fingerprint density at radius 2 is 1.96 bits per heavy atom. The van der Waals surface area contributed by atoms with E-state index < -0.39 is 0 Å². The van der Waals surface area contributed by atoms with Gasteiger partial charge < -0.3 is 14.8 Å². The number of guanidine groups is 1. The summed E-state index contributed by atoms with van der Waals surface area (Å²) in [5, 5.41) is 12.3. The molecule has 1 aromatic heterocycles. The van der Waals surface area contributed by atoms with E-state index in [0.717, 1.165) is 69.7 Å². The molecule has 1 saturated heterocycles. The highest BCUT2D eigenvalue weighted by Gasteiger charge is 2.18. The summed E-state index contributed by atoms with van der Waals surface area (Å²) in [5.74, 6) is 4.28. The highest BCUT2D eigenvalue weighted by molar-refractivity contribution is 14.0. The van der Waals surface area contributed by atoms with Gasteiger partial charge in [0, 0.05) is 45.6 Å². The normalized spacial score (nSPS) is 18.8. The summed E-state index contributed by atoms with van der Waals surface area (Å²) in [6.07, 6.45) is 9.48. The number of halogens is 1. The summed E-state index contributed by atoms with van der Waals surface area (Å²) in [6, 6.07) is 0. The van der Waals surface area contributed by atoms with Crippen LogP contribution in [0.15, 0.2) is 4.99 Å². The van der Waals surface area contributed by atoms with E-state index in [4.69, 9.17) is 4.99 Å². The molecule has 6 nitrogen and oxygen atoms in total. The molecule has 0 bridgehead atoms. The highest BCUT2D eigenvalue weighted by Crippen LogP contribution is 2.17. The molecule has 1 fully saturated rings. The molecule has 0 unspecified atom stereocenters. The van der Waals surface area contributed by atoms with Crippen molar-refractivity contribution in [1.29, 1.82) is 0 Å². The largest absolute Gasteiger partial charge is 0.357 e. The van der Waals surface area contributed by atoms with Gasteiger partial charge in [-0.3, -0.25) is 4.99 Å². The Morgan fingerprint density at radius 3 is 2.73 bits per heavy atom. The third-order valence-corrected chi connectivity index (χ3v) is 5.42. The second-order valence-corrected chi connectivity index (χ2v) is 7.50. The zero-order chi connectivity index (χ0) is 17.5. The quantitative estimate of drug-likeness (QED) is 0.308. The minimum Gasteiger partial charge on any atom is -0.357 e. The Morgan fingerprint density at radius 1 is 1.15 bits per heavy atom. The molecule has 0 atom stereocenters. The van der Waals surface area contributed by atoms with Crippen LogP contribution in [0.1, 0.15) is 64.0 Å². The summed E-state index contributed by atoms with van der Waals surface area (Å²) in [5.41, 5.74) is 0. The lowest BCUT2D eigenvalue weighted by Crippen LogP contribution is -2.45. The molecule has 2 aliphatic heterocycles. The fourth-order valence-electron chi connectivity index (χ4n) is 3.80. The molecular weight excluding hydrogens is 439 g/mol. The predicted octanol–water partition coefficient (Wildman–Crippen LogP) is 3.25. The lowest BCUT2D eigenvalue weighted by Gasteiger charge is -2.33. The van der Waals surface area contributed by atoms with E-state index in [1.54, 1.807) is 0 Å². The fourth-order valence-corrected chi connectivity index (χ4v) is 3.80. The van der Waals surface area contributed by atoms with Crippen LogP contribution in [-0.4, -0.2) is 51.8 Å². The number of hydrogen-bond acceptors (Lipinski definition) is 3. The molecule has 2 aliphatic rings. The first-order valence-corrected chi connectivity index (χ1v) is 10.2. The van der Waals surface area contributed by atoms with Crippen molar-refractivity contribution < 1.29 is 0 Å². The van der Waals surface area contributed by atoms with E-state index in [0.29, 0.717) is 0 Å². The van der Waals surface area contributed by atoms with Gasteiger partial charge in [0.1, 0.15) is 11.6 Å². The number of nitrogens with one attached hydrogen (secondary N) is 1. The second-order valence-electron chi connectivity index (χ2n) is 7.50. The summed E-state index contributed by atoms with van der Waals surface area (Å²) in [6.45, 7) is 9.64. The van der Waals surface area contributed by atoms with Gasteiger partial charge in [-0.1, -0.05) is 13.3 Å². The zero-order valence-electron chi connectivity index (χ0n) is 16.4. The summed E-state index contributed by atoms with van der Waals surface area (Å²) < 4.78 is 2.36. The number of hydrogen-bond donors (Lipinski definition) is 1. The molecule has 3 heterocycles. The Kier molecular flexibility index (Phi) is 9.15. The molecule has 0 aliphatic carbocycles. The van der Waals surface area contributed by atoms with Crippen LogP contribution in [0.25, 0.3) is 0 Å². The van der Waals surface area contributed by atoms with Crippen LogP contribution in [0.2, 0.25) is 0 Å². The van der Waals surface area contributed by atoms with Gasteiger partial charge in [-0.15, -0.1) is 34.2 Å². The Hall–Kier alpha value is -0.860. The first-order chi connectivity index (χ1) is 12.3. The average molecular weight is 474 g/mol. The monoisotopic (exact) mass is 474 g/mol. The molecule has 7 heteroatoms. The molecule has 0 saturated carbocycles. The van der Waals surface area contributed by atoms with Crippen molar-refractivity contribution in [2.45, 2.75) is 71.8 Å². The van der Waals surface area contributed by atoms with Gasteiger partial charge in [-0.2, -0.15) is 0 Å². The van der Waals surface area contributed by atoms with E-state index in [-0.39, 0.29) is 24.0 Å². The topological polar surface area (TPSA) is 58.3 Å². The predicted molar refractivity (Wildman–Crippen MR) is 117 cm³/mol. The maximum Gasteiger partial charge on any atom is 0.193 e. The van der Waals surface area contributed by atoms with Crippen molar-refractivity contribution in [2.75, 3.05) is 26.2 Å². The number of piperidine rings is 1. The Labute approximate surface area is 175 Å². The van der Waals surface area contributed by atoms with E-state index in [1.807, 2.05) is 0 Å². The minimum atomic E-state index is 0. The van der Waals surface area contributed by atoms with Crippen LogP contribution < -0.4 is 5.32 Å². The maximum atomic E-state index is 4.87. The van der Waals surface area contributed by atoms with Crippen LogP contribution in [0.5, 0.6) is 0 Å². The van der Waals surface area contributed by atoms with E-state index in [9.17, 15) is 0 Å². The van der Waals surface area contributed by atoms with Crippen molar-refractivity contribution >= 4 is 29.9 Å². The second kappa shape index (κ2) is 11.1. The van der Waals surface area contributed by atoms with Crippen molar-refractivity contribution in [3.8, 4) is 0 Å². The number of nitrogens with zero attached hydrogens (tertiary/aromatic N) is 5. The number of rotatable bonds is 5. The fraction of sp³-hybridized carbons (Fsp3) is 0.842. The summed E-state index contributed by atoms with van der Waals surface area (Å²) in [4.78, 5) is 7.29. The molecule has 0 aromatic carbocycles. The van der Waals surface area contributed by atoms with E-state index in [2.05, 4.69) is 38.8 Å². The molecule has 1 N–H and O–H groups in total. The maximum absolute atomic E-state index is 4.87. The number of aryl methyl sites for hydroxylation is 2. The molecule has 0 amide bonds. The Bertz CT molecular complexity index is 562. The zero-order valence-corrected chi connectivity index (χ0v) is 18.7. The molecule has 26 heavy (non-hydrogen) atoms. The van der Waals surface area contributed by atoms with Gasteiger partial charge in [0.05, 0.1) is 0 Å². The van der Waals surface area contributed by atoms with Crippen molar-refractivity contribution in [3.63, 3.8) is 0 Å². The standard InChI is InChI=1S/C19H34N6.HI/c1-3-20-19(24-14-10-16(2)11-15-24)21-12-7-9-18-23-22-17-8-5-4-6-13-25(17)18;/h16H,3-15H2,1-2H3,(H,20,21);1H. The van der Waals surface area contributed by atoms with Gasteiger partial charge >= 0.3 is 0 Å². The van der Waals surface area contributed by atoms with Crippen molar-refractivity contribution in [2.24, 2.45) is 10.9 Å². The molecular formula is C19H35IN6. The van der Waals surface area contributed by atoms with Crippen LogP contribution >= 0.6 is 24.0 Å². The number of aromatic nitrogens is 3. The molecule has 0 radical (unpaired) electrons. The highest BCUT2D eigenvalue weighted by atomic mass is 127. The minimum absolute atomic E-state index is 0. The lowest BCUT2D eigenvalue weighted by atomic mass is 10.00. The summed E-state index contributed by atoms with van der Waals surface area (Å²) >= 11 is 0. The van der Waals surface area contributed by atoms with E-state index >= 15 is 0 Å². The molecule has 148 valence electrons. The molecule has 1 aromatic rings. The Balaban J connectivity index is 0.00000243. The average Bonchev–Trinajstić information content (AvgIpc) is 2.85. The third-order valence-electron chi connectivity index (χ3n) is 5.42. The first-order valence-electron chi connectivity index (χ1n) is 10.2. The molecule has 3 rings (SSSR count). The number of fused-ring (bicyclic) bond motifs is 1. The first kappa shape index (κ1) is 21.4. The van der Waals surface area contributed by atoms with Crippen LogP contribution in [0.4, 0.5) is 0 Å². The van der Waals surface area contributed by atoms with Gasteiger partial charge in [-0.05, 0) is 44.9 Å². The SMILES string of the molecule is CCNC(=NCCCc1nnc2n1CCCCC2)N1CCC(C)CC1.I. The molecule has 0 spiro atoms. The van der Waals surface area contributed by atoms with E-state index in [1.165, 1.54) is 37.9 Å². The summed E-state index contributed by atoms with van der Waals surface area (Å²) in [7, 11) is 0. The number of aliphatic imine (C=N–C) groups is 1. The van der Waals surface area contributed by atoms with Crippen molar-refractivity contribution in [1.82, 2.24) is 25.0 Å². The third kappa shape index (κ3) is 5.82. The number of likely N-dealkylation sites (tertiary alicyclic amines) is 1. The smallest absolute Gasteiger partial charge is 0.193 e. The van der Waals surface area contributed by atoms with Gasteiger partial charge in [-0.25, -0.2) is 0 Å². The van der Waals surface area contributed by atoms with Gasteiger partial charge in [0.2, 0.25) is 0 Å². The van der Waals surface area contributed by atoms with Crippen LogP contribution in [0, 0.1) is 5.92 Å². The van der Waals surface area contributed by atoms with Gasteiger partial charge in [0.25, 0.3) is 0 Å². The van der Waals surface area contributed by atoms with Crippen molar-refractivity contribution in [3.05, 3.63) is 11.6 Å².